The summed E-state index contributed by atoms with van der Waals surface area (Å²) in [5.74, 6) is 1.21. The van der Waals surface area contributed by atoms with Gasteiger partial charge in [0.25, 0.3) is 5.91 Å². The van der Waals surface area contributed by atoms with Gasteiger partial charge in [0, 0.05) is 34.4 Å². The summed E-state index contributed by atoms with van der Waals surface area (Å²) in [6.45, 7) is 4.36. The van der Waals surface area contributed by atoms with Gasteiger partial charge in [-0.3, -0.25) is 9.00 Å². The lowest BCUT2D eigenvalue weighted by atomic mass is 10.1. The fraction of sp³-hybridized carbons (Fsp3) is 0.545. The van der Waals surface area contributed by atoms with Gasteiger partial charge in [-0.2, -0.15) is 0 Å². The number of rotatable bonds is 1. The lowest BCUT2D eigenvalue weighted by Crippen LogP contribution is -2.56. The minimum absolute atomic E-state index is 0.149. The van der Waals surface area contributed by atoms with E-state index >= 15 is 0 Å². The monoisotopic (exact) mass is 319 g/mol. The Morgan fingerprint density at radius 3 is 2.82 bits per heavy atom. The number of amides is 1. The van der Waals surface area contributed by atoms with Crippen LogP contribution >= 0.6 is 15.9 Å². The molecule has 1 atom stereocenters. The van der Waals surface area contributed by atoms with Crippen molar-refractivity contribution in [3.05, 3.63) is 22.6 Å². The second kappa shape index (κ2) is 4.57. The molecular formula is C11H14BrNO3S. The van der Waals surface area contributed by atoms with Crippen LogP contribution in [-0.4, -0.2) is 38.6 Å². The Morgan fingerprint density at radius 1 is 1.59 bits per heavy atom. The number of nitrogens with zero attached hydrogens (tertiary/aromatic N) is 1. The molecule has 94 valence electrons. The molecular weight excluding hydrogens is 306 g/mol. The zero-order chi connectivity index (χ0) is 12.6. The SMILES string of the molecule is CC1(C)C[S@](=O)CCN1C(=O)c1occc1Br. The number of carbonyl (C=O) groups is 1. The Hall–Kier alpha value is -0.620. The normalized spacial score (nSPS) is 23.7. The Kier molecular flexibility index (Phi) is 3.45. The molecule has 1 amide bonds. The molecule has 0 radical (unpaired) electrons. The van der Waals surface area contributed by atoms with E-state index in [1.165, 1.54) is 6.26 Å². The van der Waals surface area contributed by atoms with E-state index in [4.69, 9.17) is 4.42 Å². The standard InChI is InChI=1S/C11H14BrNO3S/c1-11(2)7-17(15)6-4-13(11)10(14)9-8(12)3-5-16-9/h3,5H,4,6-7H2,1-2H3/t17-/m1/s1. The summed E-state index contributed by atoms with van der Waals surface area (Å²) in [5, 5.41) is 0. The molecule has 1 aliphatic rings. The Balaban J connectivity index is 2.26. The third-order valence-corrected chi connectivity index (χ3v) is 5.13. The van der Waals surface area contributed by atoms with Crippen molar-refractivity contribution in [2.24, 2.45) is 0 Å². The van der Waals surface area contributed by atoms with Crippen LogP contribution < -0.4 is 0 Å². The second-order valence-corrected chi connectivity index (χ2v) is 7.09. The van der Waals surface area contributed by atoms with Crippen molar-refractivity contribution >= 4 is 32.6 Å². The molecule has 0 bridgehead atoms. The molecule has 6 heteroatoms. The van der Waals surface area contributed by atoms with Crippen LogP contribution in [0.4, 0.5) is 0 Å². The van der Waals surface area contributed by atoms with Crippen LogP contribution in [0.3, 0.4) is 0 Å². The maximum Gasteiger partial charge on any atom is 0.291 e. The van der Waals surface area contributed by atoms with Crippen molar-refractivity contribution in [2.45, 2.75) is 19.4 Å². The number of carbonyl (C=O) groups excluding carboxylic acids is 1. The first kappa shape index (κ1) is 12.8. The van der Waals surface area contributed by atoms with Crippen LogP contribution in [0.15, 0.2) is 21.2 Å². The van der Waals surface area contributed by atoms with E-state index in [0.717, 1.165) is 0 Å². The highest BCUT2D eigenvalue weighted by Crippen LogP contribution is 2.26. The van der Waals surface area contributed by atoms with Crippen LogP contribution in [0.25, 0.3) is 0 Å². The van der Waals surface area contributed by atoms with Crippen LogP contribution in [0, 0.1) is 0 Å². The summed E-state index contributed by atoms with van der Waals surface area (Å²) in [6.07, 6.45) is 1.48. The number of hydrogen-bond donors (Lipinski definition) is 0. The molecule has 0 saturated carbocycles. The Morgan fingerprint density at radius 2 is 2.29 bits per heavy atom. The predicted octanol–water partition coefficient (Wildman–Crippen LogP) is 2.03. The maximum absolute atomic E-state index is 12.3. The summed E-state index contributed by atoms with van der Waals surface area (Å²) in [6, 6.07) is 1.70. The highest BCUT2D eigenvalue weighted by atomic mass is 79.9. The first-order valence-electron chi connectivity index (χ1n) is 5.32. The maximum atomic E-state index is 12.3. The molecule has 2 rings (SSSR count). The van der Waals surface area contributed by atoms with Crippen LogP contribution in [-0.2, 0) is 10.8 Å². The third-order valence-electron chi connectivity index (χ3n) is 2.84. The molecule has 0 aliphatic carbocycles. The van der Waals surface area contributed by atoms with E-state index in [1.54, 1.807) is 11.0 Å². The molecule has 1 aromatic rings. The number of furan rings is 1. The zero-order valence-electron chi connectivity index (χ0n) is 9.73. The largest absolute Gasteiger partial charge is 0.458 e. The minimum Gasteiger partial charge on any atom is -0.458 e. The van der Waals surface area contributed by atoms with Gasteiger partial charge >= 0.3 is 0 Å². The van der Waals surface area contributed by atoms with E-state index in [2.05, 4.69) is 15.9 Å². The van der Waals surface area contributed by atoms with Gasteiger partial charge in [-0.05, 0) is 35.8 Å². The molecule has 4 nitrogen and oxygen atoms in total. The van der Waals surface area contributed by atoms with Crippen molar-refractivity contribution in [1.82, 2.24) is 4.90 Å². The minimum atomic E-state index is -0.835. The molecule has 0 unspecified atom stereocenters. The van der Waals surface area contributed by atoms with Gasteiger partial charge in [-0.1, -0.05) is 0 Å². The molecule has 0 aromatic carbocycles. The molecule has 0 spiro atoms. The molecule has 0 N–H and O–H groups in total. The van der Waals surface area contributed by atoms with E-state index in [1.807, 2.05) is 13.8 Å². The molecule has 1 aliphatic heterocycles. The highest BCUT2D eigenvalue weighted by molar-refractivity contribution is 9.10. The fourth-order valence-electron chi connectivity index (χ4n) is 1.99. The number of halogens is 1. The van der Waals surface area contributed by atoms with Gasteiger partial charge in [-0.15, -0.1) is 0 Å². The molecule has 17 heavy (non-hydrogen) atoms. The topological polar surface area (TPSA) is 50.5 Å². The van der Waals surface area contributed by atoms with E-state index in [0.29, 0.717) is 28.3 Å². The number of hydrogen-bond acceptors (Lipinski definition) is 3. The lowest BCUT2D eigenvalue weighted by molar-refractivity contribution is 0.0560. The van der Waals surface area contributed by atoms with Crippen LogP contribution in [0.5, 0.6) is 0 Å². The first-order valence-corrected chi connectivity index (χ1v) is 7.60. The summed E-state index contributed by atoms with van der Waals surface area (Å²) in [4.78, 5) is 14.0. The molecule has 2 heterocycles. The molecule has 1 saturated heterocycles. The van der Waals surface area contributed by atoms with Crippen molar-refractivity contribution in [3.63, 3.8) is 0 Å². The average Bonchev–Trinajstić information content (AvgIpc) is 2.62. The van der Waals surface area contributed by atoms with Crippen molar-refractivity contribution in [3.8, 4) is 0 Å². The van der Waals surface area contributed by atoms with Gasteiger partial charge in [0.15, 0.2) is 0 Å². The van der Waals surface area contributed by atoms with E-state index in [-0.39, 0.29) is 5.91 Å². The summed E-state index contributed by atoms with van der Waals surface area (Å²) < 4.78 is 17.4. The van der Waals surface area contributed by atoms with Gasteiger partial charge in [0.05, 0.1) is 10.7 Å². The van der Waals surface area contributed by atoms with Crippen molar-refractivity contribution in [1.29, 1.82) is 0 Å². The fourth-order valence-corrected chi connectivity index (χ4v) is 3.83. The highest BCUT2D eigenvalue weighted by Gasteiger charge is 2.38. The van der Waals surface area contributed by atoms with Gasteiger partial charge < -0.3 is 9.32 Å². The molecule has 1 fully saturated rings. The van der Waals surface area contributed by atoms with E-state index < -0.39 is 16.3 Å². The van der Waals surface area contributed by atoms with Gasteiger partial charge in [0.2, 0.25) is 5.76 Å². The first-order chi connectivity index (χ1) is 7.92. The average molecular weight is 320 g/mol. The summed E-state index contributed by atoms with van der Waals surface area (Å²) >= 11 is 3.28. The lowest BCUT2D eigenvalue weighted by Gasteiger charge is -2.41. The summed E-state index contributed by atoms with van der Waals surface area (Å²) in [7, 11) is -0.835. The van der Waals surface area contributed by atoms with Crippen molar-refractivity contribution < 1.29 is 13.4 Å². The third kappa shape index (κ3) is 2.47. The predicted molar refractivity (Wildman–Crippen MR) is 69.4 cm³/mol. The Labute approximate surface area is 111 Å². The molecule has 1 aromatic heterocycles. The van der Waals surface area contributed by atoms with Gasteiger partial charge in [0.1, 0.15) is 0 Å². The van der Waals surface area contributed by atoms with Crippen LogP contribution in [0.2, 0.25) is 0 Å². The quantitative estimate of drug-likeness (QED) is 0.795. The zero-order valence-corrected chi connectivity index (χ0v) is 12.1. The van der Waals surface area contributed by atoms with Gasteiger partial charge in [-0.25, -0.2) is 0 Å². The Bertz CT molecular complexity index is 469. The van der Waals surface area contributed by atoms with Crippen molar-refractivity contribution in [2.75, 3.05) is 18.1 Å². The second-order valence-electron chi connectivity index (χ2n) is 4.66. The van der Waals surface area contributed by atoms with E-state index in [9.17, 15) is 9.00 Å². The van der Waals surface area contributed by atoms with Crippen LogP contribution in [0.1, 0.15) is 24.4 Å². The summed E-state index contributed by atoms with van der Waals surface area (Å²) in [5.41, 5.74) is -0.396. The smallest absolute Gasteiger partial charge is 0.291 e.